The average Bonchev–Trinajstić information content (AvgIpc) is 2.79. The van der Waals surface area contributed by atoms with Gasteiger partial charge in [0.05, 0.1) is 5.25 Å². The number of thioether (sulfide) groups is 1. The van der Waals surface area contributed by atoms with Crippen LogP contribution >= 0.6 is 11.8 Å². The van der Waals surface area contributed by atoms with E-state index in [0.29, 0.717) is 0 Å². The van der Waals surface area contributed by atoms with Crippen molar-refractivity contribution in [3.8, 4) is 0 Å². The Morgan fingerprint density at radius 3 is 2.28 bits per heavy atom. The number of carboxylic acid groups (broad SMARTS) is 1. The van der Waals surface area contributed by atoms with Gasteiger partial charge in [-0.2, -0.15) is 0 Å². The lowest BCUT2D eigenvalue weighted by atomic mass is 10.1. The Morgan fingerprint density at radius 1 is 1.33 bits per heavy atom. The second kappa shape index (κ2) is 5.93. The lowest BCUT2D eigenvalue weighted by Gasteiger charge is -2.31. The van der Waals surface area contributed by atoms with Gasteiger partial charge in [-0.15, -0.1) is 11.8 Å². The van der Waals surface area contributed by atoms with Gasteiger partial charge in [-0.25, -0.2) is 0 Å². The summed E-state index contributed by atoms with van der Waals surface area (Å²) in [4.78, 5) is 24.9. The third-order valence-corrected chi connectivity index (χ3v) is 4.68. The molecule has 6 heteroatoms. The van der Waals surface area contributed by atoms with Gasteiger partial charge in [-0.3, -0.25) is 9.59 Å². The Kier molecular flexibility index (Phi) is 5.04. The van der Waals surface area contributed by atoms with Crippen LogP contribution in [-0.2, 0) is 9.59 Å². The molecule has 3 N–H and O–H groups in total. The molecule has 5 nitrogen and oxygen atoms in total. The molecule has 18 heavy (non-hydrogen) atoms. The molecule has 1 aliphatic heterocycles. The molecule has 0 saturated carbocycles. The van der Waals surface area contributed by atoms with Crippen molar-refractivity contribution in [2.24, 2.45) is 5.73 Å². The monoisotopic (exact) mass is 274 g/mol. The molecule has 1 fully saturated rings. The highest BCUT2D eigenvalue weighted by Gasteiger charge is 2.36. The Labute approximate surface area is 112 Å². The lowest BCUT2D eigenvalue weighted by molar-refractivity contribution is -0.139. The van der Waals surface area contributed by atoms with Crippen LogP contribution in [-0.4, -0.2) is 51.0 Å². The van der Waals surface area contributed by atoms with Crippen molar-refractivity contribution in [2.45, 2.75) is 49.7 Å². The molecule has 0 spiro atoms. The first-order valence-electron chi connectivity index (χ1n) is 6.20. The third kappa shape index (κ3) is 3.62. The van der Waals surface area contributed by atoms with Crippen LogP contribution in [0.15, 0.2) is 0 Å². The van der Waals surface area contributed by atoms with Crippen LogP contribution in [0.4, 0.5) is 0 Å². The molecule has 1 rings (SSSR count). The number of aliphatic carboxylic acids is 1. The minimum Gasteiger partial charge on any atom is -0.480 e. The standard InChI is InChI=1S/C12H22N2O3S/c1-8(10(15)14-6-4-5-7-14)18-12(2,3)9(13)11(16)17/h8-9H,4-7,13H2,1-3H3,(H,16,17)/t8?,9-/m0/s1. The van der Waals surface area contributed by atoms with Crippen LogP contribution in [0.5, 0.6) is 0 Å². The summed E-state index contributed by atoms with van der Waals surface area (Å²) in [6, 6.07) is -0.976. The van der Waals surface area contributed by atoms with Gasteiger partial charge in [-0.1, -0.05) is 0 Å². The maximum atomic E-state index is 12.1. The van der Waals surface area contributed by atoms with Crippen LogP contribution in [0.3, 0.4) is 0 Å². The molecule has 1 heterocycles. The lowest BCUT2D eigenvalue weighted by Crippen LogP contribution is -2.48. The van der Waals surface area contributed by atoms with Crippen LogP contribution in [0.25, 0.3) is 0 Å². The predicted octanol–water partition coefficient (Wildman–Crippen LogP) is 0.921. The van der Waals surface area contributed by atoms with Gasteiger partial charge < -0.3 is 15.7 Å². The van der Waals surface area contributed by atoms with Gasteiger partial charge in [0.1, 0.15) is 6.04 Å². The summed E-state index contributed by atoms with van der Waals surface area (Å²) in [5.74, 6) is -0.948. The molecule has 2 atom stereocenters. The van der Waals surface area contributed by atoms with E-state index in [4.69, 9.17) is 10.8 Å². The highest BCUT2D eigenvalue weighted by molar-refractivity contribution is 8.02. The summed E-state index contributed by atoms with van der Waals surface area (Å²) in [7, 11) is 0. The first-order valence-corrected chi connectivity index (χ1v) is 7.08. The minimum atomic E-state index is -1.03. The quantitative estimate of drug-likeness (QED) is 0.779. The van der Waals surface area contributed by atoms with Gasteiger partial charge in [-0.05, 0) is 33.6 Å². The van der Waals surface area contributed by atoms with Crippen LogP contribution < -0.4 is 5.73 Å². The zero-order valence-corrected chi connectivity index (χ0v) is 12.0. The Bertz CT molecular complexity index is 327. The van der Waals surface area contributed by atoms with Crippen LogP contribution in [0, 0.1) is 0 Å². The highest BCUT2D eigenvalue weighted by Crippen LogP contribution is 2.32. The summed E-state index contributed by atoms with van der Waals surface area (Å²) in [5, 5.41) is 8.69. The molecule has 0 radical (unpaired) electrons. The zero-order chi connectivity index (χ0) is 13.9. The number of carboxylic acids is 1. The Balaban J connectivity index is 2.59. The minimum absolute atomic E-state index is 0.0863. The van der Waals surface area contributed by atoms with E-state index in [1.165, 1.54) is 11.8 Å². The SMILES string of the molecule is CC(SC(C)(C)[C@@H](N)C(=O)O)C(=O)N1CCCC1. The van der Waals surface area contributed by atoms with Gasteiger partial charge in [0.25, 0.3) is 0 Å². The van der Waals surface area contributed by atoms with Gasteiger partial charge in [0.2, 0.25) is 5.91 Å². The van der Waals surface area contributed by atoms with Crippen molar-refractivity contribution in [3.63, 3.8) is 0 Å². The zero-order valence-electron chi connectivity index (χ0n) is 11.2. The maximum absolute atomic E-state index is 12.1. The largest absolute Gasteiger partial charge is 0.480 e. The first kappa shape index (κ1) is 15.3. The number of nitrogens with zero attached hydrogens (tertiary/aromatic N) is 1. The molecule has 1 aliphatic rings. The van der Waals surface area contributed by atoms with E-state index in [1.54, 1.807) is 13.8 Å². The van der Waals surface area contributed by atoms with Gasteiger partial charge >= 0.3 is 5.97 Å². The summed E-state index contributed by atoms with van der Waals surface area (Å²) in [6.45, 7) is 6.99. The molecule has 0 aliphatic carbocycles. The van der Waals surface area contributed by atoms with Crippen LogP contribution in [0.1, 0.15) is 33.6 Å². The average molecular weight is 274 g/mol. The molecule has 1 unspecified atom stereocenters. The van der Waals surface area contributed by atoms with Crippen LogP contribution in [0.2, 0.25) is 0 Å². The molecule has 0 bridgehead atoms. The summed E-state index contributed by atoms with van der Waals surface area (Å²) in [5.41, 5.74) is 5.65. The molecule has 0 aromatic heterocycles. The molecule has 104 valence electrons. The maximum Gasteiger partial charge on any atom is 0.321 e. The molecule has 0 aromatic rings. The van der Waals surface area contributed by atoms with Crippen molar-refractivity contribution in [2.75, 3.05) is 13.1 Å². The predicted molar refractivity (Wildman–Crippen MR) is 72.6 cm³/mol. The Morgan fingerprint density at radius 2 is 1.83 bits per heavy atom. The number of rotatable bonds is 5. The van der Waals surface area contributed by atoms with Gasteiger partial charge in [0.15, 0.2) is 0 Å². The number of hydrogen-bond acceptors (Lipinski definition) is 4. The van der Waals surface area contributed by atoms with E-state index in [-0.39, 0.29) is 11.2 Å². The highest BCUT2D eigenvalue weighted by atomic mass is 32.2. The van der Waals surface area contributed by atoms with Crippen molar-refractivity contribution in [1.82, 2.24) is 4.90 Å². The first-order chi connectivity index (χ1) is 8.25. The second-order valence-corrected chi connectivity index (χ2v) is 7.21. The number of likely N-dealkylation sites (tertiary alicyclic amines) is 1. The van der Waals surface area contributed by atoms with E-state index in [0.717, 1.165) is 25.9 Å². The second-order valence-electron chi connectivity index (χ2n) is 5.21. The molecule has 0 aromatic carbocycles. The molecular weight excluding hydrogens is 252 g/mol. The fourth-order valence-electron chi connectivity index (χ4n) is 2.07. The smallest absolute Gasteiger partial charge is 0.321 e. The van der Waals surface area contributed by atoms with E-state index >= 15 is 0 Å². The number of carbonyl (C=O) groups excluding carboxylic acids is 1. The summed E-state index contributed by atoms with van der Waals surface area (Å²) < 4.78 is -0.666. The van der Waals surface area contributed by atoms with E-state index < -0.39 is 16.8 Å². The van der Waals surface area contributed by atoms with Gasteiger partial charge in [0, 0.05) is 17.8 Å². The number of amides is 1. The topological polar surface area (TPSA) is 83.6 Å². The van der Waals surface area contributed by atoms with Crippen molar-refractivity contribution < 1.29 is 14.7 Å². The van der Waals surface area contributed by atoms with E-state index in [1.807, 2.05) is 11.8 Å². The third-order valence-electron chi connectivity index (χ3n) is 3.26. The van der Waals surface area contributed by atoms with Crippen molar-refractivity contribution in [3.05, 3.63) is 0 Å². The normalized spacial score (nSPS) is 19.7. The van der Waals surface area contributed by atoms with E-state index in [9.17, 15) is 9.59 Å². The molecule has 1 saturated heterocycles. The number of nitrogens with two attached hydrogens (primary N) is 1. The number of carbonyl (C=O) groups is 2. The molecular formula is C12H22N2O3S. The fourth-order valence-corrected chi connectivity index (χ4v) is 3.48. The number of hydrogen-bond donors (Lipinski definition) is 2. The van der Waals surface area contributed by atoms with Crippen molar-refractivity contribution >= 4 is 23.6 Å². The van der Waals surface area contributed by atoms with Crippen molar-refractivity contribution in [1.29, 1.82) is 0 Å². The summed E-state index contributed by atoms with van der Waals surface area (Å²) in [6.07, 6.45) is 2.11. The summed E-state index contributed by atoms with van der Waals surface area (Å²) >= 11 is 1.34. The fraction of sp³-hybridized carbons (Fsp3) is 0.833. The molecule has 1 amide bonds. The Hall–Kier alpha value is -0.750. The van der Waals surface area contributed by atoms with E-state index in [2.05, 4.69) is 0 Å².